The van der Waals surface area contributed by atoms with E-state index in [9.17, 15) is 9.59 Å². The van der Waals surface area contributed by atoms with Crippen molar-refractivity contribution in [2.24, 2.45) is 5.92 Å². The molecule has 1 aliphatic rings. The summed E-state index contributed by atoms with van der Waals surface area (Å²) in [7, 11) is 0. The Labute approximate surface area is 159 Å². The summed E-state index contributed by atoms with van der Waals surface area (Å²) in [5.74, 6) is 0.750. The summed E-state index contributed by atoms with van der Waals surface area (Å²) in [6.07, 6.45) is 0.257. The van der Waals surface area contributed by atoms with Gasteiger partial charge in [0.2, 0.25) is 5.91 Å². The molecule has 2 aromatic rings. The topological polar surface area (TPSA) is 76.5 Å². The van der Waals surface area contributed by atoms with E-state index in [0.717, 1.165) is 23.6 Å². The van der Waals surface area contributed by atoms with Gasteiger partial charge in [0.25, 0.3) is 5.91 Å². The van der Waals surface area contributed by atoms with Gasteiger partial charge in [-0.25, -0.2) is 0 Å². The lowest BCUT2D eigenvalue weighted by molar-refractivity contribution is -0.122. The number of rotatable bonds is 7. The minimum absolute atomic E-state index is 0.0122. The summed E-state index contributed by atoms with van der Waals surface area (Å²) in [5.41, 5.74) is 2.84. The summed E-state index contributed by atoms with van der Waals surface area (Å²) in [6, 6.07) is 9.43. The maximum absolute atomic E-state index is 12.2. The molecule has 144 valence electrons. The number of anilines is 1. The van der Waals surface area contributed by atoms with Crippen molar-refractivity contribution in [3.8, 4) is 5.75 Å². The first-order valence-electron chi connectivity index (χ1n) is 9.24. The number of benzene rings is 1. The fraction of sp³-hybridized carbons (Fsp3) is 0.450. The highest BCUT2D eigenvalue weighted by atomic mass is 16.5. The third-order valence-corrected chi connectivity index (χ3v) is 4.61. The van der Waals surface area contributed by atoms with Crippen molar-refractivity contribution in [2.45, 2.75) is 33.7 Å². The lowest BCUT2D eigenvalue weighted by Crippen LogP contribution is -2.41. The fourth-order valence-corrected chi connectivity index (χ4v) is 3.21. The first-order chi connectivity index (χ1) is 12.9. The number of para-hydroxylation sites is 2. The molecular formula is C20H26N4O3. The van der Waals surface area contributed by atoms with E-state index in [1.54, 1.807) is 4.90 Å². The predicted octanol–water partition coefficient (Wildman–Crippen LogP) is 2.07. The summed E-state index contributed by atoms with van der Waals surface area (Å²) in [5, 5.41) is 7.41. The van der Waals surface area contributed by atoms with Gasteiger partial charge < -0.3 is 15.0 Å². The van der Waals surface area contributed by atoms with E-state index >= 15 is 0 Å². The molecule has 0 saturated carbocycles. The summed E-state index contributed by atoms with van der Waals surface area (Å²) in [4.78, 5) is 26.0. The molecule has 0 saturated heterocycles. The normalized spacial score (nSPS) is 14.5. The first-order valence-corrected chi connectivity index (χ1v) is 9.24. The maximum atomic E-state index is 12.2. The van der Waals surface area contributed by atoms with Crippen LogP contribution < -0.4 is 15.0 Å². The smallest absolute Gasteiger partial charge is 0.265 e. The van der Waals surface area contributed by atoms with E-state index in [4.69, 9.17) is 4.74 Å². The van der Waals surface area contributed by atoms with Gasteiger partial charge in [-0.05, 0) is 38.0 Å². The molecule has 0 fully saturated rings. The number of aromatic nitrogens is 2. The largest absolute Gasteiger partial charge is 0.482 e. The van der Waals surface area contributed by atoms with Crippen LogP contribution in [0.25, 0.3) is 0 Å². The molecule has 2 amide bonds. The number of hydrogen-bond acceptors (Lipinski definition) is 4. The lowest BCUT2D eigenvalue weighted by Gasteiger charge is -2.29. The van der Waals surface area contributed by atoms with Crippen molar-refractivity contribution in [3.63, 3.8) is 0 Å². The number of nitrogens with zero attached hydrogens (tertiary/aromatic N) is 3. The molecule has 1 N–H and O–H groups in total. The van der Waals surface area contributed by atoms with Crippen LogP contribution in [-0.2, 0) is 16.1 Å². The highest BCUT2D eigenvalue weighted by molar-refractivity contribution is 5.98. The fourth-order valence-electron chi connectivity index (χ4n) is 3.21. The Balaban J connectivity index is 1.47. The summed E-state index contributed by atoms with van der Waals surface area (Å²) >= 11 is 0. The van der Waals surface area contributed by atoms with Crippen LogP contribution >= 0.6 is 0 Å². The summed E-state index contributed by atoms with van der Waals surface area (Å²) < 4.78 is 7.39. The van der Waals surface area contributed by atoms with E-state index < -0.39 is 0 Å². The van der Waals surface area contributed by atoms with Crippen molar-refractivity contribution >= 4 is 17.5 Å². The second-order valence-electron chi connectivity index (χ2n) is 7.07. The van der Waals surface area contributed by atoms with Gasteiger partial charge in [0.15, 0.2) is 6.61 Å². The molecule has 0 spiro atoms. The second kappa shape index (κ2) is 8.24. The van der Waals surface area contributed by atoms with Crippen molar-refractivity contribution in [1.82, 2.24) is 15.1 Å². The molecule has 1 aliphatic heterocycles. The van der Waals surface area contributed by atoms with Crippen LogP contribution in [0.15, 0.2) is 30.3 Å². The van der Waals surface area contributed by atoms with Crippen molar-refractivity contribution in [3.05, 3.63) is 41.7 Å². The molecule has 3 rings (SSSR count). The molecule has 7 nitrogen and oxygen atoms in total. The van der Waals surface area contributed by atoms with Crippen molar-refractivity contribution < 1.29 is 14.3 Å². The monoisotopic (exact) mass is 370 g/mol. The van der Waals surface area contributed by atoms with E-state index in [1.165, 1.54) is 0 Å². The predicted molar refractivity (Wildman–Crippen MR) is 103 cm³/mol. The molecule has 27 heavy (non-hydrogen) atoms. The van der Waals surface area contributed by atoms with Crippen LogP contribution in [0.1, 0.15) is 24.7 Å². The van der Waals surface area contributed by atoms with Crippen LogP contribution in [0.4, 0.5) is 5.69 Å². The zero-order valence-electron chi connectivity index (χ0n) is 16.1. The molecule has 0 aliphatic carbocycles. The number of nitrogens with one attached hydrogen (secondary N) is 1. The SMILES string of the molecule is Cc1cc(C)n(C[C@@H](C)CNC(=O)CCN2C(=O)COc3ccccc32)n1. The van der Waals surface area contributed by atoms with E-state index in [-0.39, 0.29) is 30.8 Å². The molecule has 1 atom stereocenters. The summed E-state index contributed by atoms with van der Waals surface area (Å²) in [6.45, 7) is 7.78. The standard InChI is InChI=1S/C20H26N4O3/c1-14(12-24-16(3)10-15(2)22-24)11-21-19(25)8-9-23-17-6-4-5-7-18(17)27-13-20(23)26/h4-7,10,14H,8-9,11-13H2,1-3H3,(H,21,25)/t14-/m0/s1. The van der Waals surface area contributed by atoms with Crippen LogP contribution in [-0.4, -0.2) is 41.3 Å². The van der Waals surface area contributed by atoms with Gasteiger partial charge in [0.05, 0.1) is 11.4 Å². The Morgan fingerprint density at radius 1 is 1.33 bits per heavy atom. The second-order valence-corrected chi connectivity index (χ2v) is 7.07. The van der Waals surface area contributed by atoms with Gasteiger partial charge in [-0.2, -0.15) is 5.10 Å². The van der Waals surface area contributed by atoms with Crippen LogP contribution in [0, 0.1) is 19.8 Å². The third kappa shape index (κ3) is 4.67. The van der Waals surface area contributed by atoms with Crippen molar-refractivity contribution in [2.75, 3.05) is 24.6 Å². The van der Waals surface area contributed by atoms with Crippen LogP contribution in [0.5, 0.6) is 5.75 Å². The van der Waals surface area contributed by atoms with Gasteiger partial charge in [-0.1, -0.05) is 19.1 Å². The van der Waals surface area contributed by atoms with Crippen molar-refractivity contribution in [1.29, 1.82) is 0 Å². The average molecular weight is 370 g/mol. The number of ether oxygens (including phenoxy) is 1. The highest BCUT2D eigenvalue weighted by Gasteiger charge is 2.25. The molecule has 0 bridgehead atoms. The lowest BCUT2D eigenvalue weighted by atomic mass is 10.1. The Bertz CT molecular complexity index is 830. The zero-order valence-corrected chi connectivity index (χ0v) is 16.1. The Morgan fingerprint density at radius 3 is 2.85 bits per heavy atom. The Kier molecular flexibility index (Phi) is 5.78. The minimum Gasteiger partial charge on any atom is -0.482 e. The van der Waals surface area contributed by atoms with E-state index in [1.807, 2.05) is 48.9 Å². The number of fused-ring (bicyclic) bond motifs is 1. The molecule has 1 aromatic heterocycles. The Hall–Kier alpha value is -2.83. The van der Waals surface area contributed by atoms with Crippen LogP contribution in [0.3, 0.4) is 0 Å². The molecule has 0 unspecified atom stereocenters. The van der Waals surface area contributed by atoms with Gasteiger partial charge >= 0.3 is 0 Å². The highest BCUT2D eigenvalue weighted by Crippen LogP contribution is 2.31. The number of carbonyl (C=O) groups is 2. The molecular weight excluding hydrogens is 344 g/mol. The number of amides is 2. The molecule has 0 radical (unpaired) electrons. The van der Waals surface area contributed by atoms with E-state index in [0.29, 0.717) is 18.8 Å². The average Bonchev–Trinajstić information content (AvgIpc) is 2.96. The maximum Gasteiger partial charge on any atom is 0.265 e. The van der Waals surface area contributed by atoms with Gasteiger partial charge in [0, 0.05) is 31.7 Å². The molecule has 7 heteroatoms. The van der Waals surface area contributed by atoms with Gasteiger partial charge in [0.1, 0.15) is 5.75 Å². The van der Waals surface area contributed by atoms with Crippen LogP contribution in [0.2, 0.25) is 0 Å². The number of aryl methyl sites for hydroxylation is 2. The number of carbonyl (C=O) groups excluding carboxylic acids is 2. The first kappa shape index (κ1) is 18.9. The van der Waals surface area contributed by atoms with Gasteiger partial charge in [-0.15, -0.1) is 0 Å². The van der Waals surface area contributed by atoms with Gasteiger partial charge in [-0.3, -0.25) is 14.3 Å². The zero-order chi connectivity index (χ0) is 19.4. The Morgan fingerprint density at radius 2 is 2.11 bits per heavy atom. The molecule has 2 heterocycles. The minimum atomic E-state index is -0.126. The quantitative estimate of drug-likeness (QED) is 0.809. The number of hydrogen-bond donors (Lipinski definition) is 1. The molecule has 1 aromatic carbocycles. The van der Waals surface area contributed by atoms with E-state index in [2.05, 4.69) is 17.3 Å². The third-order valence-electron chi connectivity index (χ3n) is 4.61.